The molecule has 1 atom stereocenters. The van der Waals surface area contributed by atoms with E-state index < -0.39 is 17.9 Å². The van der Waals surface area contributed by atoms with E-state index in [9.17, 15) is 19.5 Å². The Kier molecular flexibility index (Phi) is 5.28. The topological polar surface area (TPSA) is 137 Å². The smallest absolute Gasteiger partial charge is 0.259 e. The number of anilines is 4. The molecule has 1 unspecified atom stereocenters. The van der Waals surface area contributed by atoms with Crippen molar-refractivity contribution in [2.75, 3.05) is 10.6 Å². The number of aryl methyl sites for hydroxylation is 2. The van der Waals surface area contributed by atoms with Crippen LogP contribution in [-0.4, -0.2) is 43.7 Å². The Morgan fingerprint density at radius 1 is 1.00 bits per heavy atom. The molecule has 10 heteroatoms. The second-order valence-electron chi connectivity index (χ2n) is 9.24. The fourth-order valence-corrected chi connectivity index (χ4v) is 5.18. The van der Waals surface area contributed by atoms with Crippen molar-refractivity contribution in [2.45, 2.75) is 44.7 Å². The van der Waals surface area contributed by atoms with Crippen LogP contribution in [0.3, 0.4) is 0 Å². The van der Waals surface area contributed by atoms with Gasteiger partial charge in [0.1, 0.15) is 17.6 Å². The lowest BCUT2D eigenvalue weighted by Crippen LogP contribution is -2.52. The standard InChI is InChI=1S/C26H24N6O4/c33-20-8-6-18(17-13-32(25(36)23(17)20)19-7-9-22(34)31-24(19)35)29-21-10-11-27-26(30-21)28-16-5-4-14-2-1-3-15(14)12-16/h4-6,8,10-12,19,33H,1-3,7,9,13H2,(H,31,34,35)(H2,27,28,29,30). The lowest BCUT2D eigenvalue weighted by molar-refractivity contribution is -0.136. The fourth-order valence-electron chi connectivity index (χ4n) is 5.18. The molecule has 0 spiro atoms. The third-order valence-electron chi connectivity index (χ3n) is 6.95. The molecule has 3 heterocycles. The second kappa shape index (κ2) is 8.63. The summed E-state index contributed by atoms with van der Waals surface area (Å²) in [7, 11) is 0. The summed E-state index contributed by atoms with van der Waals surface area (Å²) in [4.78, 5) is 47.3. The predicted octanol–water partition coefficient (Wildman–Crippen LogP) is 2.92. The average Bonchev–Trinajstić information content (AvgIpc) is 3.46. The third kappa shape index (κ3) is 3.90. The van der Waals surface area contributed by atoms with Gasteiger partial charge in [-0.3, -0.25) is 19.7 Å². The quantitative estimate of drug-likeness (QED) is 0.321. The Balaban J connectivity index is 1.24. The van der Waals surface area contributed by atoms with Crippen LogP contribution in [0.1, 0.15) is 46.3 Å². The maximum absolute atomic E-state index is 13.1. The first kappa shape index (κ1) is 22.0. The Bertz CT molecular complexity index is 1420. The molecule has 0 bridgehead atoms. The van der Waals surface area contributed by atoms with E-state index in [1.54, 1.807) is 18.3 Å². The van der Waals surface area contributed by atoms with Crippen LogP contribution in [0.2, 0.25) is 0 Å². The molecule has 1 saturated heterocycles. The molecule has 3 aromatic rings. The molecule has 182 valence electrons. The number of hydrogen-bond acceptors (Lipinski definition) is 8. The highest BCUT2D eigenvalue weighted by Gasteiger charge is 2.41. The molecule has 2 aromatic carbocycles. The van der Waals surface area contributed by atoms with Crippen LogP contribution in [0.25, 0.3) is 0 Å². The lowest BCUT2D eigenvalue weighted by Gasteiger charge is -2.29. The number of nitrogens with one attached hydrogen (secondary N) is 3. The van der Waals surface area contributed by atoms with Crippen molar-refractivity contribution >= 4 is 40.9 Å². The van der Waals surface area contributed by atoms with Crippen LogP contribution >= 0.6 is 0 Å². The minimum absolute atomic E-state index is 0.127. The number of piperidine rings is 1. The maximum atomic E-state index is 13.1. The van der Waals surface area contributed by atoms with E-state index in [1.165, 1.54) is 28.5 Å². The summed E-state index contributed by atoms with van der Waals surface area (Å²) in [5.74, 6) is -0.513. The minimum atomic E-state index is -0.767. The van der Waals surface area contributed by atoms with Gasteiger partial charge in [0.05, 0.1) is 5.56 Å². The van der Waals surface area contributed by atoms with Gasteiger partial charge in [-0.05, 0) is 67.1 Å². The highest BCUT2D eigenvalue weighted by molar-refractivity contribution is 6.07. The molecule has 1 fully saturated rings. The van der Waals surface area contributed by atoms with E-state index >= 15 is 0 Å². The number of nitrogens with zero attached hydrogens (tertiary/aromatic N) is 3. The Morgan fingerprint density at radius 3 is 2.72 bits per heavy atom. The number of carbonyl (C=O) groups excluding carboxylic acids is 3. The zero-order valence-electron chi connectivity index (χ0n) is 19.4. The summed E-state index contributed by atoms with van der Waals surface area (Å²) < 4.78 is 0. The van der Waals surface area contributed by atoms with E-state index in [2.05, 4.69) is 38.1 Å². The number of phenolic OH excluding ortho intramolecular Hbond substituents is 1. The van der Waals surface area contributed by atoms with Crippen molar-refractivity contribution in [3.63, 3.8) is 0 Å². The van der Waals surface area contributed by atoms with Crippen LogP contribution in [0.5, 0.6) is 5.75 Å². The number of rotatable bonds is 5. The summed E-state index contributed by atoms with van der Waals surface area (Å²) in [5, 5.41) is 19.2. The SMILES string of the molecule is O=C1CCC(N2Cc3c(Nc4ccnc(Nc5ccc6c(c5)CCC6)n4)ccc(O)c3C2=O)C(=O)N1. The fraction of sp³-hybridized carbons (Fsp3) is 0.269. The van der Waals surface area contributed by atoms with Gasteiger partial charge in [0.15, 0.2) is 0 Å². The highest BCUT2D eigenvalue weighted by atomic mass is 16.3. The molecule has 6 rings (SSSR count). The number of fused-ring (bicyclic) bond motifs is 2. The van der Waals surface area contributed by atoms with Crippen molar-refractivity contribution in [3.05, 3.63) is 64.8 Å². The van der Waals surface area contributed by atoms with Crippen LogP contribution < -0.4 is 16.0 Å². The molecule has 36 heavy (non-hydrogen) atoms. The monoisotopic (exact) mass is 484 g/mol. The molecular formula is C26H24N6O4. The summed E-state index contributed by atoms with van der Waals surface area (Å²) in [5.41, 5.74) is 4.96. The van der Waals surface area contributed by atoms with Crippen molar-refractivity contribution in [1.82, 2.24) is 20.2 Å². The molecule has 1 aromatic heterocycles. The summed E-state index contributed by atoms with van der Waals surface area (Å²) in [6.45, 7) is 0.127. The molecule has 3 amide bonds. The molecule has 0 saturated carbocycles. The number of aromatic nitrogens is 2. The highest BCUT2D eigenvalue weighted by Crippen LogP contribution is 2.38. The Labute approximate surface area is 206 Å². The van der Waals surface area contributed by atoms with Gasteiger partial charge in [0, 0.05) is 36.1 Å². The third-order valence-corrected chi connectivity index (χ3v) is 6.95. The average molecular weight is 485 g/mol. The van der Waals surface area contributed by atoms with Crippen molar-refractivity contribution < 1.29 is 19.5 Å². The van der Waals surface area contributed by atoms with Crippen molar-refractivity contribution in [1.29, 1.82) is 0 Å². The predicted molar refractivity (Wildman–Crippen MR) is 131 cm³/mol. The van der Waals surface area contributed by atoms with E-state index in [1.807, 2.05) is 6.07 Å². The number of hydrogen-bond donors (Lipinski definition) is 4. The minimum Gasteiger partial charge on any atom is -0.507 e. The first-order valence-corrected chi connectivity index (χ1v) is 11.9. The molecule has 4 N–H and O–H groups in total. The van der Waals surface area contributed by atoms with Gasteiger partial charge in [-0.1, -0.05) is 6.07 Å². The van der Waals surface area contributed by atoms with Gasteiger partial charge in [0.2, 0.25) is 17.8 Å². The van der Waals surface area contributed by atoms with E-state index in [0.29, 0.717) is 23.0 Å². The molecule has 3 aliphatic rings. The summed E-state index contributed by atoms with van der Waals surface area (Å²) in [6.07, 6.45) is 5.41. The van der Waals surface area contributed by atoms with Gasteiger partial charge < -0.3 is 20.6 Å². The number of imide groups is 1. The van der Waals surface area contributed by atoms with Crippen molar-refractivity contribution in [3.8, 4) is 5.75 Å². The van der Waals surface area contributed by atoms with Crippen molar-refractivity contribution in [2.24, 2.45) is 0 Å². The summed E-state index contributed by atoms with van der Waals surface area (Å²) in [6, 6.07) is 10.4. The zero-order valence-corrected chi connectivity index (χ0v) is 19.4. The zero-order chi connectivity index (χ0) is 24.8. The second-order valence-corrected chi connectivity index (χ2v) is 9.24. The Morgan fingerprint density at radius 2 is 1.86 bits per heavy atom. The number of benzene rings is 2. The van der Waals surface area contributed by atoms with Gasteiger partial charge >= 0.3 is 0 Å². The van der Waals surface area contributed by atoms with Gasteiger partial charge in [-0.15, -0.1) is 0 Å². The van der Waals surface area contributed by atoms with Gasteiger partial charge in [0.25, 0.3) is 5.91 Å². The summed E-state index contributed by atoms with van der Waals surface area (Å²) >= 11 is 0. The van der Waals surface area contributed by atoms with Gasteiger partial charge in [-0.2, -0.15) is 4.98 Å². The largest absolute Gasteiger partial charge is 0.507 e. The molecule has 1 aliphatic carbocycles. The number of aromatic hydroxyl groups is 1. The van der Waals surface area contributed by atoms with E-state index in [4.69, 9.17) is 0 Å². The normalized spacial score (nSPS) is 18.6. The van der Waals surface area contributed by atoms with Crippen LogP contribution in [-0.2, 0) is 29.0 Å². The molecule has 2 aliphatic heterocycles. The Hall–Kier alpha value is -4.47. The molecule has 0 radical (unpaired) electrons. The van der Waals surface area contributed by atoms with Crippen LogP contribution in [0, 0.1) is 0 Å². The molecule has 10 nitrogen and oxygen atoms in total. The number of phenols is 1. The maximum Gasteiger partial charge on any atom is 0.259 e. The number of amides is 3. The van der Waals surface area contributed by atoms with E-state index in [0.717, 1.165) is 18.5 Å². The van der Waals surface area contributed by atoms with Crippen LogP contribution in [0.15, 0.2) is 42.6 Å². The lowest BCUT2D eigenvalue weighted by atomic mass is 10.0. The van der Waals surface area contributed by atoms with Crippen LogP contribution in [0.4, 0.5) is 23.1 Å². The first-order valence-electron chi connectivity index (χ1n) is 11.9. The van der Waals surface area contributed by atoms with Gasteiger partial charge in [-0.25, -0.2) is 4.98 Å². The first-order chi connectivity index (χ1) is 17.5. The number of carbonyl (C=O) groups is 3. The van der Waals surface area contributed by atoms with E-state index in [-0.39, 0.29) is 36.6 Å². The molecular weight excluding hydrogens is 460 g/mol.